The summed E-state index contributed by atoms with van der Waals surface area (Å²) in [6, 6.07) is 0. The van der Waals surface area contributed by atoms with E-state index in [0.29, 0.717) is 0 Å². The van der Waals surface area contributed by atoms with Crippen LogP contribution in [0.5, 0.6) is 0 Å². The van der Waals surface area contributed by atoms with Crippen LogP contribution in [0.3, 0.4) is 0 Å². The van der Waals surface area contributed by atoms with E-state index in [1.165, 1.54) is 14.2 Å². The molecule has 0 N–H and O–H groups in total. The number of methoxy groups -OCH3 is 2. The largest absolute Gasteiger partial charge is 0.467 e. The third-order valence-corrected chi connectivity index (χ3v) is 1.16. The van der Waals surface area contributed by atoms with Gasteiger partial charge in [0, 0.05) is 12.0 Å². The Balaban J connectivity index is 4.01. The molecular formula is C6H11N3O4. The van der Waals surface area contributed by atoms with Gasteiger partial charge in [-0.25, -0.2) is 4.79 Å². The fraction of sp³-hybridized carbons (Fsp3) is 0.833. The van der Waals surface area contributed by atoms with Gasteiger partial charge in [-0.1, -0.05) is 5.11 Å². The summed E-state index contributed by atoms with van der Waals surface area (Å²) in [5, 5.41) is 3.19. The highest BCUT2D eigenvalue weighted by Gasteiger charge is 2.18. The average molecular weight is 189 g/mol. The van der Waals surface area contributed by atoms with Crippen molar-refractivity contribution in [3.8, 4) is 0 Å². The van der Waals surface area contributed by atoms with Crippen molar-refractivity contribution in [2.75, 3.05) is 27.6 Å². The van der Waals surface area contributed by atoms with Gasteiger partial charge in [-0.2, -0.15) is 0 Å². The molecule has 0 aromatic carbocycles. The number of azide groups is 1. The quantitative estimate of drug-likeness (QED) is 0.199. The summed E-state index contributed by atoms with van der Waals surface area (Å²) in [6.07, 6.45) is -0.902. The van der Waals surface area contributed by atoms with Crippen LogP contribution in [0.1, 0.15) is 0 Å². The summed E-state index contributed by atoms with van der Waals surface area (Å²) in [5.41, 5.74) is 8.01. The minimum absolute atomic E-state index is 0.0548. The van der Waals surface area contributed by atoms with Gasteiger partial charge in [0.2, 0.25) is 0 Å². The lowest BCUT2D eigenvalue weighted by atomic mass is 10.4. The number of hydrogen-bond acceptors (Lipinski definition) is 5. The van der Waals surface area contributed by atoms with Crippen LogP contribution in [0.25, 0.3) is 10.4 Å². The fourth-order valence-corrected chi connectivity index (χ4v) is 0.588. The minimum atomic E-state index is -0.902. The molecule has 0 fully saturated rings. The smallest absolute Gasteiger partial charge is 0.335 e. The molecule has 0 aromatic rings. The van der Waals surface area contributed by atoms with Crippen molar-refractivity contribution in [3.05, 3.63) is 10.4 Å². The maximum absolute atomic E-state index is 10.9. The summed E-state index contributed by atoms with van der Waals surface area (Å²) in [7, 11) is 2.64. The van der Waals surface area contributed by atoms with E-state index in [1.54, 1.807) is 0 Å². The molecule has 0 saturated carbocycles. The van der Waals surface area contributed by atoms with E-state index in [1.807, 2.05) is 0 Å². The van der Waals surface area contributed by atoms with Crippen LogP contribution in [0.4, 0.5) is 0 Å². The summed E-state index contributed by atoms with van der Waals surface area (Å²) >= 11 is 0. The van der Waals surface area contributed by atoms with Gasteiger partial charge in [0.05, 0.1) is 13.7 Å². The van der Waals surface area contributed by atoms with E-state index >= 15 is 0 Å². The highest BCUT2D eigenvalue weighted by atomic mass is 16.7. The first-order valence-corrected chi connectivity index (χ1v) is 3.45. The summed E-state index contributed by atoms with van der Waals surface area (Å²) < 4.78 is 13.9. The van der Waals surface area contributed by atoms with Crippen LogP contribution in [0, 0.1) is 0 Å². The van der Waals surface area contributed by atoms with Gasteiger partial charge in [0.1, 0.15) is 6.79 Å². The zero-order chi connectivity index (χ0) is 10.1. The molecule has 7 heteroatoms. The van der Waals surface area contributed by atoms with Gasteiger partial charge in [-0.15, -0.1) is 0 Å². The number of carbonyl (C=O) groups is 1. The molecule has 0 spiro atoms. The molecule has 0 unspecified atom stereocenters. The van der Waals surface area contributed by atoms with Crippen LogP contribution in [-0.2, 0) is 19.0 Å². The Morgan fingerprint density at radius 3 is 2.77 bits per heavy atom. The molecule has 0 bridgehead atoms. The molecule has 0 heterocycles. The highest BCUT2D eigenvalue weighted by molar-refractivity contribution is 5.74. The lowest BCUT2D eigenvalue weighted by molar-refractivity contribution is -0.161. The molecule has 0 aromatic heterocycles. The first kappa shape index (κ1) is 11.7. The Kier molecular flexibility index (Phi) is 6.62. The van der Waals surface area contributed by atoms with Crippen molar-refractivity contribution in [3.63, 3.8) is 0 Å². The molecule has 0 amide bonds. The normalized spacial score (nSPS) is 11.5. The molecule has 74 valence electrons. The number of rotatable bonds is 6. The molecule has 0 aliphatic heterocycles. The van der Waals surface area contributed by atoms with E-state index in [9.17, 15) is 4.79 Å². The summed E-state index contributed by atoms with van der Waals surface area (Å²) in [5.74, 6) is -0.593. The van der Waals surface area contributed by atoms with E-state index in [2.05, 4.69) is 19.5 Å². The van der Waals surface area contributed by atoms with E-state index in [0.717, 1.165) is 0 Å². The van der Waals surface area contributed by atoms with Gasteiger partial charge >= 0.3 is 5.97 Å². The van der Waals surface area contributed by atoms with E-state index < -0.39 is 12.1 Å². The Labute approximate surface area is 75.2 Å². The maximum atomic E-state index is 10.9. The number of hydrogen-bond donors (Lipinski definition) is 0. The molecular weight excluding hydrogens is 178 g/mol. The van der Waals surface area contributed by atoms with Gasteiger partial charge in [0.25, 0.3) is 0 Å². The van der Waals surface area contributed by atoms with Gasteiger partial charge in [-0.05, 0) is 5.53 Å². The van der Waals surface area contributed by atoms with Gasteiger partial charge < -0.3 is 14.2 Å². The first-order valence-electron chi connectivity index (χ1n) is 3.45. The fourth-order valence-electron chi connectivity index (χ4n) is 0.588. The molecule has 0 aliphatic rings. The molecule has 1 atom stereocenters. The topological polar surface area (TPSA) is 93.5 Å². The molecule has 0 aliphatic carbocycles. The third kappa shape index (κ3) is 5.02. The van der Waals surface area contributed by atoms with Crippen molar-refractivity contribution in [1.29, 1.82) is 0 Å². The second kappa shape index (κ2) is 7.35. The minimum Gasteiger partial charge on any atom is -0.467 e. The Morgan fingerprint density at radius 2 is 2.31 bits per heavy atom. The maximum Gasteiger partial charge on any atom is 0.335 e. The van der Waals surface area contributed by atoms with Crippen LogP contribution in [0.15, 0.2) is 5.11 Å². The van der Waals surface area contributed by atoms with Crippen LogP contribution in [0.2, 0.25) is 0 Å². The van der Waals surface area contributed by atoms with Crippen LogP contribution < -0.4 is 0 Å². The van der Waals surface area contributed by atoms with Gasteiger partial charge in [-0.3, -0.25) is 0 Å². The number of carbonyl (C=O) groups excluding carboxylic acids is 1. The molecule has 7 nitrogen and oxygen atoms in total. The molecule has 0 rings (SSSR count). The van der Waals surface area contributed by atoms with Crippen molar-refractivity contribution in [1.82, 2.24) is 0 Å². The Morgan fingerprint density at radius 1 is 1.62 bits per heavy atom. The van der Waals surface area contributed by atoms with Crippen LogP contribution in [-0.4, -0.2) is 39.6 Å². The lowest BCUT2D eigenvalue weighted by Crippen LogP contribution is -2.29. The standard InChI is InChI=1S/C6H11N3O4/c1-11-4-13-5(3-8-9-7)6(10)12-2/h5H,3-4H2,1-2H3/t5-/m1/s1. The predicted molar refractivity (Wildman–Crippen MR) is 42.8 cm³/mol. The van der Waals surface area contributed by atoms with E-state index in [4.69, 9.17) is 10.3 Å². The highest BCUT2D eigenvalue weighted by Crippen LogP contribution is 1.96. The van der Waals surface area contributed by atoms with Crippen molar-refractivity contribution >= 4 is 5.97 Å². The molecule has 0 saturated heterocycles. The first-order chi connectivity index (χ1) is 6.26. The SMILES string of the molecule is COCO[C@H](CN=[N+]=[N-])C(=O)OC. The van der Waals surface area contributed by atoms with Crippen molar-refractivity contribution < 1.29 is 19.0 Å². The predicted octanol–water partition coefficient (Wildman–Crippen LogP) is 0.459. The number of ether oxygens (including phenoxy) is 3. The lowest BCUT2D eigenvalue weighted by Gasteiger charge is -2.11. The summed E-state index contributed by atoms with van der Waals surface area (Å²) in [6.45, 7) is -0.159. The molecule has 0 radical (unpaired) electrons. The Hall–Kier alpha value is -1.30. The van der Waals surface area contributed by atoms with Crippen LogP contribution >= 0.6 is 0 Å². The monoisotopic (exact) mass is 189 g/mol. The van der Waals surface area contributed by atoms with Gasteiger partial charge in [0.15, 0.2) is 6.10 Å². The molecule has 13 heavy (non-hydrogen) atoms. The Bertz CT molecular complexity index is 202. The van der Waals surface area contributed by atoms with Crippen molar-refractivity contribution in [2.24, 2.45) is 5.11 Å². The van der Waals surface area contributed by atoms with Crippen molar-refractivity contribution in [2.45, 2.75) is 6.10 Å². The third-order valence-electron chi connectivity index (χ3n) is 1.16. The zero-order valence-electron chi connectivity index (χ0n) is 7.47. The second-order valence-corrected chi connectivity index (χ2v) is 2.00. The number of nitrogens with zero attached hydrogens (tertiary/aromatic N) is 3. The number of esters is 1. The zero-order valence-corrected chi connectivity index (χ0v) is 7.47. The average Bonchev–Trinajstić information content (AvgIpc) is 2.17. The van der Waals surface area contributed by atoms with E-state index in [-0.39, 0.29) is 13.3 Å². The second-order valence-electron chi connectivity index (χ2n) is 2.00. The summed E-state index contributed by atoms with van der Waals surface area (Å²) in [4.78, 5) is 13.4.